The first-order valence-corrected chi connectivity index (χ1v) is 6.62. The summed E-state index contributed by atoms with van der Waals surface area (Å²) in [7, 11) is 0. The first kappa shape index (κ1) is 11.4. The summed E-state index contributed by atoms with van der Waals surface area (Å²) >= 11 is 0. The average molecular weight is 266 g/mol. The summed E-state index contributed by atoms with van der Waals surface area (Å²) < 4.78 is 7.66. The van der Waals surface area contributed by atoms with Crippen LogP contribution in [0.3, 0.4) is 0 Å². The van der Waals surface area contributed by atoms with Crippen molar-refractivity contribution in [3.63, 3.8) is 0 Å². The van der Waals surface area contributed by atoms with E-state index in [0.29, 0.717) is 5.88 Å². The van der Waals surface area contributed by atoms with Crippen molar-refractivity contribution in [3.05, 3.63) is 59.9 Å². The maximum atomic E-state index is 6.26. The van der Waals surface area contributed by atoms with E-state index in [0.717, 1.165) is 12.1 Å². The molecule has 3 aromatic rings. The monoisotopic (exact) mass is 266 g/mol. The summed E-state index contributed by atoms with van der Waals surface area (Å²) in [6.45, 7) is 0. The van der Waals surface area contributed by atoms with Crippen LogP contribution in [0.25, 0.3) is 5.65 Å². The van der Waals surface area contributed by atoms with Gasteiger partial charge in [0.2, 0.25) is 5.88 Å². The second-order valence-electron chi connectivity index (χ2n) is 4.99. The molecule has 20 heavy (non-hydrogen) atoms. The normalized spacial score (nSPS) is 21.1. The summed E-state index contributed by atoms with van der Waals surface area (Å²) in [6, 6.07) is 11.8. The highest BCUT2D eigenvalue weighted by atomic mass is 16.5. The molecule has 2 atom stereocenters. The predicted octanol–water partition coefficient (Wildman–Crippen LogP) is 1.73. The molecule has 0 bridgehead atoms. The van der Waals surface area contributed by atoms with Gasteiger partial charge in [0.1, 0.15) is 6.10 Å². The van der Waals surface area contributed by atoms with E-state index in [1.54, 1.807) is 16.9 Å². The topological polar surface area (TPSA) is 65.4 Å². The summed E-state index contributed by atoms with van der Waals surface area (Å²) in [4.78, 5) is 4.16. The Kier molecular flexibility index (Phi) is 2.47. The molecular formula is C15H14N4O. The highest BCUT2D eigenvalue weighted by molar-refractivity contribution is 5.39. The Hall–Kier alpha value is -2.40. The fraction of sp³-hybridized carbons (Fsp3) is 0.200. The Morgan fingerprint density at radius 1 is 1.20 bits per heavy atom. The molecule has 0 fully saturated rings. The summed E-state index contributed by atoms with van der Waals surface area (Å²) in [5.41, 5.74) is 9.49. The minimum Gasteiger partial charge on any atom is -0.471 e. The molecule has 5 nitrogen and oxygen atoms in total. The van der Waals surface area contributed by atoms with E-state index in [1.165, 1.54) is 11.1 Å². The lowest BCUT2D eigenvalue weighted by Crippen LogP contribution is -2.28. The molecule has 4 rings (SSSR count). The van der Waals surface area contributed by atoms with Gasteiger partial charge in [-0.3, -0.25) is 0 Å². The van der Waals surface area contributed by atoms with Crippen LogP contribution in [0.15, 0.2) is 48.8 Å². The smallest absolute Gasteiger partial charge is 0.232 e. The van der Waals surface area contributed by atoms with E-state index in [2.05, 4.69) is 22.2 Å². The third-order valence-corrected chi connectivity index (χ3v) is 3.74. The third kappa shape index (κ3) is 1.75. The first-order valence-electron chi connectivity index (χ1n) is 6.62. The van der Waals surface area contributed by atoms with Crippen molar-refractivity contribution in [3.8, 4) is 5.88 Å². The van der Waals surface area contributed by atoms with Crippen molar-refractivity contribution in [2.75, 3.05) is 0 Å². The number of aromatic nitrogens is 3. The lowest BCUT2D eigenvalue weighted by molar-refractivity contribution is 0.175. The minimum atomic E-state index is -0.105. The van der Waals surface area contributed by atoms with Gasteiger partial charge in [0.25, 0.3) is 0 Å². The van der Waals surface area contributed by atoms with Crippen LogP contribution in [0.4, 0.5) is 0 Å². The molecule has 0 spiro atoms. The number of benzene rings is 1. The molecule has 0 amide bonds. The van der Waals surface area contributed by atoms with Crippen LogP contribution in [-0.4, -0.2) is 20.7 Å². The predicted molar refractivity (Wildman–Crippen MR) is 74.5 cm³/mol. The second kappa shape index (κ2) is 4.31. The molecule has 1 aromatic carbocycles. The number of hydrogen-bond donors (Lipinski definition) is 1. The fourth-order valence-electron chi connectivity index (χ4n) is 2.72. The van der Waals surface area contributed by atoms with Crippen molar-refractivity contribution in [2.45, 2.75) is 18.6 Å². The van der Waals surface area contributed by atoms with Gasteiger partial charge in [-0.05, 0) is 17.2 Å². The number of ether oxygens (including phenoxy) is 1. The van der Waals surface area contributed by atoms with Crippen LogP contribution < -0.4 is 10.5 Å². The van der Waals surface area contributed by atoms with Gasteiger partial charge in [-0.25, -0.2) is 9.50 Å². The quantitative estimate of drug-likeness (QED) is 0.767. The minimum absolute atomic E-state index is 0.0686. The molecule has 2 N–H and O–H groups in total. The van der Waals surface area contributed by atoms with E-state index in [1.807, 2.05) is 24.3 Å². The number of rotatable bonds is 2. The molecule has 2 heterocycles. The molecule has 0 saturated carbocycles. The van der Waals surface area contributed by atoms with E-state index in [4.69, 9.17) is 10.5 Å². The Bertz CT molecular complexity index is 767. The lowest BCUT2D eigenvalue weighted by Gasteiger charge is -2.17. The van der Waals surface area contributed by atoms with Crippen LogP contribution >= 0.6 is 0 Å². The third-order valence-electron chi connectivity index (χ3n) is 3.74. The zero-order chi connectivity index (χ0) is 13.5. The molecule has 0 saturated heterocycles. The van der Waals surface area contributed by atoms with E-state index in [9.17, 15) is 0 Å². The number of imidazole rings is 1. The van der Waals surface area contributed by atoms with Crippen LogP contribution in [0.5, 0.6) is 5.88 Å². The van der Waals surface area contributed by atoms with Crippen molar-refractivity contribution in [1.29, 1.82) is 0 Å². The van der Waals surface area contributed by atoms with Crippen LogP contribution in [0, 0.1) is 0 Å². The zero-order valence-corrected chi connectivity index (χ0v) is 10.8. The first-order chi connectivity index (χ1) is 9.81. The van der Waals surface area contributed by atoms with Crippen molar-refractivity contribution in [1.82, 2.24) is 14.6 Å². The maximum absolute atomic E-state index is 6.26. The molecule has 2 aromatic heterocycles. The average Bonchev–Trinajstić information content (AvgIpc) is 3.05. The Labute approximate surface area is 116 Å². The number of fused-ring (bicyclic) bond motifs is 2. The highest BCUT2D eigenvalue weighted by Crippen LogP contribution is 2.31. The Morgan fingerprint density at radius 3 is 3.00 bits per heavy atom. The molecule has 100 valence electrons. The molecular weight excluding hydrogens is 252 g/mol. The lowest BCUT2D eigenvalue weighted by atomic mass is 10.1. The molecule has 1 aliphatic carbocycles. The van der Waals surface area contributed by atoms with Gasteiger partial charge < -0.3 is 10.5 Å². The zero-order valence-electron chi connectivity index (χ0n) is 10.8. The molecule has 1 aliphatic rings. The molecule has 0 radical (unpaired) electrons. The van der Waals surface area contributed by atoms with Crippen LogP contribution in [-0.2, 0) is 6.42 Å². The second-order valence-corrected chi connectivity index (χ2v) is 4.99. The van der Waals surface area contributed by atoms with E-state index >= 15 is 0 Å². The largest absolute Gasteiger partial charge is 0.471 e. The van der Waals surface area contributed by atoms with Gasteiger partial charge in [-0.15, -0.1) is 5.10 Å². The van der Waals surface area contributed by atoms with Crippen molar-refractivity contribution >= 4 is 5.65 Å². The van der Waals surface area contributed by atoms with Gasteiger partial charge in [0.15, 0.2) is 5.65 Å². The van der Waals surface area contributed by atoms with Gasteiger partial charge in [-0.1, -0.05) is 24.3 Å². The van der Waals surface area contributed by atoms with Crippen LogP contribution in [0.2, 0.25) is 0 Å². The Morgan fingerprint density at radius 2 is 2.10 bits per heavy atom. The molecule has 0 unspecified atom stereocenters. The van der Waals surface area contributed by atoms with Gasteiger partial charge in [0, 0.05) is 24.9 Å². The molecule has 0 aliphatic heterocycles. The van der Waals surface area contributed by atoms with Gasteiger partial charge >= 0.3 is 0 Å². The number of hydrogen-bond acceptors (Lipinski definition) is 4. The van der Waals surface area contributed by atoms with Gasteiger partial charge in [-0.2, -0.15) is 0 Å². The Balaban J connectivity index is 1.61. The summed E-state index contributed by atoms with van der Waals surface area (Å²) in [5, 5.41) is 4.37. The number of nitrogens with two attached hydrogens (primary N) is 1. The highest BCUT2D eigenvalue weighted by Gasteiger charge is 2.31. The SMILES string of the molecule is N[C@H]1c2ccccc2C[C@@H]1Oc1ccc2nccn2n1. The molecule has 5 heteroatoms. The van der Waals surface area contributed by atoms with Gasteiger partial charge in [0.05, 0.1) is 6.04 Å². The van der Waals surface area contributed by atoms with E-state index in [-0.39, 0.29) is 12.1 Å². The summed E-state index contributed by atoms with van der Waals surface area (Å²) in [5.74, 6) is 0.573. The maximum Gasteiger partial charge on any atom is 0.232 e. The van der Waals surface area contributed by atoms with Crippen molar-refractivity contribution in [2.24, 2.45) is 5.73 Å². The number of nitrogens with zero attached hydrogens (tertiary/aromatic N) is 3. The fourth-order valence-corrected chi connectivity index (χ4v) is 2.72. The van der Waals surface area contributed by atoms with Crippen molar-refractivity contribution < 1.29 is 4.74 Å². The van der Waals surface area contributed by atoms with Crippen LogP contribution in [0.1, 0.15) is 17.2 Å². The standard InChI is InChI=1S/C15H14N4O/c16-15-11-4-2-1-3-10(11)9-12(15)20-14-6-5-13-17-7-8-19(13)18-14/h1-8,12,15H,9,16H2/t12-,15-/m0/s1. The summed E-state index contributed by atoms with van der Waals surface area (Å²) in [6.07, 6.45) is 4.26. The van der Waals surface area contributed by atoms with E-state index < -0.39 is 0 Å².